The van der Waals surface area contributed by atoms with Crippen molar-refractivity contribution in [3.05, 3.63) is 28.8 Å². The van der Waals surface area contributed by atoms with E-state index in [1.54, 1.807) is 4.90 Å². The van der Waals surface area contributed by atoms with Crippen LogP contribution in [0.4, 0.5) is 0 Å². The minimum atomic E-state index is -3.89. The third kappa shape index (κ3) is 4.18. The number of benzene rings is 1. The summed E-state index contributed by atoms with van der Waals surface area (Å²) in [5.74, 6) is -1.04. The SMILES string of the molecule is CC(=O)N1CCN(C(=O)c2cc(S(=O)(=O)C3CCS(=O)(=O)C3)ccc2Cl)CC1. The molecule has 11 heteroatoms. The Morgan fingerprint density at radius 3 is 2.25 bits per heavy atom. The number of hydrogen-bond acceptors (Lipinski definition) is 6. The molecule has 0 spiro atoms. The molecule has 1 aromatic carbocycles. The molecule has 0 radical (unpaired) electrons. The maximum absolute atomic E-state index is 12.8. The Morgan fingerprint density at radius 2 is 1.71 bits per heavy atom. The first kappa shape index (κ1) is 21.1. The number of halogens is 1. The van der Waals surface area contributed by atoms with Crippen LogP contribution in [0, 0.1) is 0 Å². The third-order valence-corrected chi connectivity index (χ3v) is 9.64. The van der Waals surface area contributed by atoms with E-state index in [1.165, 1.54) is 30.0 Å². The second-order valence-electron chi connectivity index (χ2n) is 7.01. The maximum Gasteiger partial charge on any atom is 0.255 e. The zero-order valence-corrected chi connectivity index (χ0v) is 17.7. The summed E-state index contributed by atoms with van der Waals surface area (Å²) < 4.78 is 49.0. The first-order valence-corrected chi connectivity index (χ1v) is 12.5. The maximum atomic E-state index is 12.8. The fraction of sp³-hybridized carbons (Fsp3) is 0.529. The highest BCUT2D eigenvalue weighted by molar-refractivity contribution is 7.96. The minimum absolute atomic E-state index is 0.0452. The van der Waals surface area contributed by atoms with Gasteiger partial charge in [-0.25, -0.2) is 16.8 Å². The Hall–Kier alpha value is -1.65. The molecule has 2 fully saturated rings. The second kappa shape index (κ2) is 7.64. The van der Waals surface area contributed by atoms with Crippen molar-refractivity contribution in [3.8, 4) is 0 Å². The summed E-state index contributed by atoms with van der Waals surface area (Å²) in [6, 6.07) is 3.87. The van der Waals surface area contributed by atoms with Gasteiger partial charge in [-0.3, -0.25) is 9.59 Å². The van der Waals surface area contributed by atoms with Crippen LogP contribution in [-0.4, -0.2) is 81.4 Å². The smallest absolute Gasteiger partial charge is 0.255 e. The van der Waals surface area contributed by atoms with Crippen molar-refractivity contribution in [3.63, 3.8) is 0 Å². The molecule has 1 aromatic rings. The molecule has 1 unspecified atom stereocenters. The van der Waals surface area contributed by atoms with Crippen LogP contribution in [0.25, 0.3) is 0 Å². The van der Waals surface area contributed by atoms with Crippen LogP contribution in [-0.2, 0) is 24.5 Å². The van der Waals surface area contributed by atoms with Gasteiger partial charge < -0.3 is 9.80 Å². The van der Waals surface area contributed by atoms with E-state index in [4.69, 9.17) is 11.6 Å². The zero-order chi connectivity index (χ0) is 20.7. The highest BCUT2D eigenvalue weighted by Gasteiger charge is 2.38. The van der Waals surface area contributed by atoms with Crippen LogP contribution < -0.4 is 0 Å². The lowest BCUT2D eigenvalue weighted by atomic mass is 10.1. The Kier molecular flexibility index (Phi) is 5.75. The van der Waals surface area contributed by atoms with Gasteiger partial charge in [-0.05, 0) is 24.6 Å². The molecule has 1 atom stereocenters. The molecule has 0 aromatic heterocycles. The lowest BCUT2D eigenvalue weighted by Crippen LogP contribution is -2.50. The van der Waals surface area contributed by atoms with E-state index >= 15 is 0 Å². The van der Waals surface area contributed by atoms with Gasteiger partial charge in [0.15, 0.2) is 19.7 Å². The Balaban J connectivity index is 1.84. The van der Waals surface area contributed by atoms with Gasteiger partial charge in [0.05, 0.1) is 32.2 Å². The number of rotatable bonds is 3. The van der Waals surface area contributed by atoms with E-state index in [1.807, 2.05) is 0 Å². The lowest BCUT2D eigenvalue weighted by Gasteiger charge is -2.34. The summed E-state index contributed by atoms with van der Waals surface area (Å²) in [6.07, 6.45) is 0.0452. The number of hydrogen-bond donors (Lipinski definition) is 0. The van der Waals surface area contributed by atoms with E-state index in [0.29, 0.717) is 26.2 Å². The van der Waals surface area contributed by atoms with Crippen molar-refractivity contribution < 1.29 is 26.4 Å². The number of sulfone groups is 2. The molecule has 0 bridgehead atoms. The highest BCUT2D eigenvalue weighted by atomic mass is 35.5. The van der Waals surface area contributed by atoms with E-state index < -0.39 is 36.6 Å². The van der Waals surface area contributed by atoms with Gasteiger partial charge in [0.1, 0.15) is 0 Å². The molecule has 2 aliphatic rings. The molecule has 0 aliphatic carbocycles. The van der Waals surface area contributed by atoms with Gasteiger partial charge in [0.25, 0.3) is 5.91 Å². The highest BCUT2D eigenvalue weighted by Crippen LogP contribution is 2.29. The van der Waals surface area contributed by atoms with Gasteiger partial charge in [-0.1, -0.05) is 11.6 Å². The summed E-state index contributed by atoms with van der Waals surface area (Å²) in [4.78, 5) is 27.3. The van der Waals surface area contributed by atoms with Crippen LogP contribution in [0.5, 0.6) is 0 Å². The van der Waals surface area contributed by atoms with Gasteiger partial charge in [-0.15, -0.1) is 0 Å². The fourth-order valence-electron chi connectivity index (χ4n) is 3.44. The lowest BCUT2D eigenvalue weighted by molar-refractivity contribution is -0.130. The average molecular weight is 449 g/mol. The summed E-state index contributed by atoms with van der Waals surface area (Å²) in [7, 11) is -7.26. The number of carbonyl (C=O) groups is 2. The molecule has 154 valence electrons. The average Bonchev–Trinajstić information content (AvgIpc) is 3.02. The van der Waals surface area contributed by atoms with E-state index in [2.05, 4.69) is 0 Å². The zero-order valence-electron chi connectivity index (χ0n) is 15.3. The molecule has 3 rings (SSSR count). The topological polar surface area (TPSA) is 109 Å². The van der Waals surface area contributed by atoms with Crippen LogP contribution >= 0.6 is 11.6 Å². The van der Waals surface area contributed by atoms with Crippen LogP contribution in [0.2, 0.25) is 5.02 Å². The number of piperazine rings is 1. The third-order valence-electron chi connectivity index (χ3n) is 5.14. The quantitative estimate of drug-likeness (QED) is 0.670. The first-order chi connectivity index (χ1) is 13.0. The van der Waals surface area contributed by atoms with Gasteiger partial charge >= 0.3 is 0 Å². The molecule has 2 saturated heterocycles. The summed E-state index contributed by atoms with van der Waals surface area (Å²) in [5.41, 5.74) is 0.0554. The van der Waals surface area contributed by atoms with Crippen LogP contribution in [0.15, 0.2) is 23.1 Å². The van der Waals surface area contributed by atoms with Crippen LogP contribution in [0.3, 0.4) is 0 Å². The Labute approximate surface area is 169 Å². The summed E-state index contributed by atoms with van der Waals surface area (Å²) in [5, 5.41) is -0.891. The van der Waals surface area contributed by atoms with E-state index in [0.717, 1.165) is 0 Å². The minimum Gasteiger partial charge on any atom is -0.339 e. The second-order valence-corrected chi connectivity index (χ2v) is 11.9. The molecular weight excluding hydrogens is 428 g/mol. The Morgan fingerprint density at radius 1 is 1.11 bits per heavy atom. The summed E-state index contributed by atoms with van der Waals surface area (Å²) >= 11 is 6.14. The molecular formula is C17H21ClN2O6S2. The first-order valence-electron chi connectivity index (χ1n) is 8.80. The Bertz CT molecular complexity index is 1010. The van der Waals surface area contributed by atoms with Crippen molar-refractivity contribution in [2.75, 3.05) is 37.7 Å². The summed E-state index contributed by atoms with van der Waals surface area (Å²) in [6.45, 7) is 2.91. The van der Waals surface area contributed by atoms with Crippen LogP contribution in [0.1, 0.15) is 23.7 Å². The standard InChI is InChI=1S/C17H21ClN2O6S2/c1-12(21)19-5-7-20(8-6-19)17(22)15-10-13(2-3-16(15)18)28(25,26)14-4-9-27(23,24)11-14/h2-3,10,14H,4-9,11H2,1H3. The molecule has 28 heavy (non-hydrogen) atoms. The van der Waals surface area contributed by atoms with Crippen molar-refractivity contribution in [1.29, 1.82) is 0 Å². The van der Waals surface area contributed by atoms with Gasteiger partial charge in [0, 0.05) is 33.1 Å². The molecule has 0 N–H and O–H groups in total. The largest absolute Gasteiger partial charge is 0.339 e. The van der Waals surface area contributed by atoms with Crippen molar-refractivity contribution in [2.24, 2.45) is 0 Å². The van der Waals surface area contributed by atoms with Crippen molar-refractivity contribution >= 4 is 43.1 Å². The predicted molar refractivity (Wildman–Crippen MR) is 104 cm³/mol. The number of carbonyl (C=O) groups excluding carboxylic acids is 2. The molecule has 2 aliphatic heterocycles. The van der Waals surface area contributed by atoms with E-state index in [9.17, 15) is 26.4 Å². The van der Waals surface area contributed by atoms with Gasteiger partial charge in [0.2, 0.25) is 5.91 Å². The van der Waals surface area contributed by atoms with E-state index in [-0.39, 0.29) is 33.6 Å². The van der Waals surface area contributed by atoms with Crippen molar-refractivity contribution in [2.45, 2.75) is 23.5 Å². The normalized spacial score (nSPS) is 22.3. The molecule has 2 heterocycles. The molecule has 2 amide bonds. The predicted octanol–water partition coefficient (Wildman–Crippen LogP) is 0.605. The molecule has 0 saturated carbocycles. The number of nitrogens with zero attached hydrogens (tertiary/aromatic N) is 2. The van der Waals surface area contributed by atoms with Crippen molar-refractivity contribution in [1.82, 2.24) is 9.80 Å². The number of amides is 2. The fourth-order valence-corrected chi connectivity index (χ4v) is 8.02. The molecule has 8 nitrogen and oxygen atoms in total. The monoisotopic (exact) mass is 448 g/mol. The van der Waals surface area contributed by atoms with Gasteiger partial charge in [-0.2, -0.15) is 0 Å².